The number of thiophene rings is 1. The van der Waals surface area contributed by atoms with Crippen molar-refractivity contribution in [3.8, 4) is 0 Å². The Kier molecular flexibility index (Phi) is 1.32. The van der Waals surface area contributed by atoms with Crippen molar-refractivity contribution >= 4 is 23.1 Å². The summed E-state index contributed by atoms with van der Waals surface area (Å²) < 4.78 is 1.47. The highest BCUT2D eigenvalue weighted by atomic mass is 32.1. The summed E-state index contributed by atoms with van der Waals surface area (Å²) in [6.45, 7) is 1.17. The summed E-state index contributed by atoms with van der Waals surface area (Å²) in [6, 6.07) is 2.25. The summed E-state index contributed by atoms with van der Waals surface area (Å²) in [5, 5.41) is 7.16. The molecule has 1 aliphatic carbocycles. The maximum Gasteiger partial charge on any atom is 0.0320 e. The minimum Gasteiger partial charge on any atom is -0.388 e. The highest BCUT2D eigenvalue weighted by molar-refractivity contribution is 7.07. The molecule has 1 aromatic rings. The fraction of sp³-hybridized carbons (Fsp3) is 0.400. The van der Waals surface area contributed by atoms with Crippen LogP contribution in [0.1, 0.15) is 12.8 Å². The number of hydrogen-bond acceptors (Lipinski definition) is 2. The lowest BCUT2D eigenvalue weighted by molar-refractivity contribution is 0.697. The maximum absolute atomic E-state index is 3.50. The Hall–Kier alpha value is -0.760. The molecule has 0 bridgehead atoms. The molecule has 1 atom stereocenters. The predicted molar refractivity (Wildman–Crippen MR) is 52.2 cm³/mol. The zero-order valence-corrected chi connectivity index (χ0v) is 7.66. The summed E-state index contributed by atoms with van der Waals surface area (Å²) in [5.41, 5.74) is 1.51. The van der Waals surface area contributed by atoms with Gasteiger partial charge in [-0.25, -0.2) is 0 Å². The first-order chi connectivity index (χ1) is 5.95. The first-order valence-electron chi connectivity index (χ1n) is 4.47. The van der Waals surface area contributed by atoms with Crippen LogP contribution < -0.4 is 15.1 Å². The van der Waals surface area contributed by atoms with E-state index in [-0.39, 0.29) is 0 Å². The Morgan fingerprint density at radius 2 is 2.50 bits per heavy atom. The molecule has 1 saturated heterocycles. The minimum absolute atomic E-state index is 0.798. The second kappa shape index (κ2) is 2.36. The lowest BCUT2D eigenvalue weighted by Crippen LogP contribution is -2.30. The smallest absolute Gasteiger partial charge is 0.0320 e. The summed E-state index contributed by atoms with van der Waals surface area (Å²) in [6.07, 6.45) is 4.96. The fourth-order valence-electron chi connectivity index (χ4n) is 2.17. The van der Waals surface area contributed by atoms with E-state index in [2.05, 4.69) is 22.8 Å². The molecule has 1 aliphatic heterocycles. The third-order valence-corrected chi connectivity index (χ3v) is 3.70. The van der Waals surface area contributed by atoms with Crippen LogP contribution in [-0.4, -0.2) is 6.54 Å². The van der Waals surface area contributed by atoms with E-state index in [1.165, 1.54) is 34.8 Å². The van der Waals surface area contributed by atoms with Crippen molar-refractivity contribution in [1.82, 2.24) is 5.32 Å². The standard InChI is InChI=1S/C10H11NS/c1-2-9-8(4-6-12-9)10-7(1)3-5-11-10/h2,4,6-7,11H,1,3,5H2. The molecule has 3 rings (SSSR count). The number of hydrogen-bond donors (Lipinski definition) is 1. The Morgan fingerprint density at radius 3 is 3.50 bits per heavy atom. The molecular formula is C10H11NS. The van der Waals surface area contributed by atoms with Gasteiger partial charge in [0.15, 0.2) is 0 Å². The van der Waals surface area contributed by atoms with Gasteiger partial charge in [-0.05, 0) is 24.3 Å². The number of rotatable bonds is 0. The van der Waals surface area contributed by atoms with Crippen molar-refractivity contribution in [2.45, 2.75) is 12.8 Å². The van der Waals surface area contributed by atoms with Gasteiger partial charge in [0.25, 0.3) is 0 Å². The van der Waals surface area contributed by atoms with Gasteiger partial charge in [-0.2, -0.15) is 0 Å². The Balaban J connectivity index is 2.39. The van der Waals surface area contributed by atoms with Crippen LogP contribution in [0.5, 0.6) is 0 Å². The zero-order valence-electron chi connectivity index (χ0n) is 6.84. The summed E-state index contributed by atoms with van der Waals surface area (Å²) >= 11 is 1.86. The first-order valence-corrected chi connectivity index (χ1v) is 5.35. The van der Waals surface area contributed by atoms with Gasteiger partial charge < -0.3 is 5.32 Å². The molecular weight excluding hydrogens is 166 g/mol. The van der Waals surface area contributed by atoms with E-state index < -0.39 is 0 Å². The molecule has 1 nitrogen and oxygen atoms in total. The van der Waals surface area contributed by atoms with Gasteiger partial charge in [0.1, 0.15) is 0 Å². The van der Waals surface area contributed by atoms with Crippen LogP contribution in [0.4, 0.5) is 0 Å². The molecule has 0 amide bonds. The normalized spacial score (nSPS) is 25.7. The van der Waals surface area contributed by atoms with E-state index in [1.54, 1.807) is 0 Å². The van der Waals surface area contributed by atoms with Gasteiger partial charge in [0.05, 0.1) is 0 Å². The molecule has 1 fully saturated rings. The molecule has 2 heterocycles. The average Bonchev–Trinajstić information content (AvgIpc) is 2.71. The zero-order chi connectivity index (χ0) is 7.97. The van der Waals surface area contributed by atoms with Crippen LogP contribution >= 0.6 is 11.3 Å². The van der Waals surface area contributed by atoms with Gasteiger partial charge in [-0.15, -0.1) is 11.3 Å². The lowest BCUT2D eigenvalue weighted by atomic mass is 9.97. The van der Waals surface area contributed by atoms with Crippen LogP contribution in [-0.2, 0) is 0 Å². The lowest BCUT2D eigenvalue weighted by Gasteiger charge is -2.11. The van der Waals surface area contributed by atoms with E-state index in [0.717, 1.165) is 5.92 Å². The van der Waals surface area contributed by atoms with Crippen molar-refractivity contribution in [1.29, 1.82) is 0 Å². The van der Waals surface area contributed by atoms with Crippen LogP contribution in [0.15, 0.2) is 11.4 Å². The van der Waals surface area contributed by atoms with Gasteiger partial charge in [0.2, 0.25) is 0 Å². The Morgan fingerprint density at radius 1 is 1.50 bits per heavy atom. The van der Waals surface area contributed by atoms with Gasteiger partial charge in [0, 0.05) is 27.9 Å². The molecule has 0 aromatic carbocycles. The number of fused-ring (bicyclic) bond motifs is 2. The molecule has 62 valence electrons. The van der Waals surface area contributed by atoms with Crippen molar-refractivity contribution in [3.05, 3.63) is 21.2 Å². The van der Waals surface area contributed by atoms with Gasteiger partial charge in [-0.3, -0.25) is 0 Å². The van der Waals surface area contributed by atoms with Crippen LogP contribution in [0.2, 0.25) is 0 Å². The molecule has 1 N–H and O–H groups in total. The molecule has 0 saturated carbocycles. The van der Waals surface area contributed by atoms with Crippen molar-refractivity contribution in [2.75, 3.05) is 6.54 Å². The second-order valence-electron chi connectivity index (χ2n) is 3.46. The van der Waals surface area contributed by atoms with E-state index in [1.807, 2.05) is 11.3 Å². The van der Waals surface area contributed by atoms with E-state index in [0.29, 0.717) is 0 Å². The van der Waals surface area contributed by atoms with Crippen molar-refractivity contribution in [3.63, 3.8) is 0 Å². The predicted octanol–water partition coefficient (Wildman–Crippen LogP) is 0.650. The molecule has 1 aromatic heterocycles. The minimum atomic E-state index is 0.798. The molecule has 1 unspecified atom stereocenters. The van der Waals surface area contributed by atoms with Gasteiger partial charge >= 0.3 is 0 Å². The SMILES string of the molecule is C1=c2sccc2=C2NCCC2C1. The average molecular weight is 177 g/mol. The molecule has 0 spiro atoms. The third-order valence-electron chi connectivity index (χ3n) is 2.79. The highest BCUT2D eigenvalue weighted by Crippen LogP contribution is 2.24. The number of nitrogens with one attached hydrogen (secondary N) is 1. The molecule has 0 radical (unpaired) electrons. The Labute approximate surface area is 75.4 Å². The monoisotopic (exact) mass is 177 g/mol. The largest absolute Gasteiger partial charge is 0.388 e. The summed E-state index contributed by atoms with van der Waals surface area (Å²) in [5.74, 6) is 0.798. The van der Waals surface area contributed by atoms with Crippen molar-refractivity contribution in [2.24, 2.45) is 5.92 Å². The van der Waals surface area contributed by atoms with Crippen molar-refractivity contribution < 1.29 is 0 Å². The fourth-order valence-corrected chi connectivity index (χ4v) is 3.02. The van der Waals surface area contributed by atoms with E-state index in [4.69, 9.17) is 0 Å². The van der Waals surface area contributed by atoms with Crippen LogP contribution in [0, 0.1) is 5.92 Å². The maximum atomic E-state index is 3.50. The second-order valence-corrected chi connectivity index (χ2v) is 4.41. The van der Waals surface area contributed by atoms with Gasteiger partial charge in [-0.1, -0.05) is 6.08 Å². The molecule has 2 heteroatoms. The quantitative estimate of drug-likeness (QED) is 0.613. The molecule has 12 heavy (non-hydrogen) atoms. The van der Waals surface area contributed by atoms with Crippen LogP contribution in [0.25, 0.3) is 11.8 Å². The highest BCUT2D eigenvalue weighted by Gasteiger charge is 2.22. The van der Waals surface area contributed by atoms with E-state index >= 15 is 0 Å². The first kappa shape index (κ1) is 6.72. The van der Waals surface area contributed by atoms with Crippen LogP contribution in [0.3, 0.4) is 0 Å². The summed E-state index contributed by atoms with van der Waals surface area (Å²) in [4.78, 5) is 0. The molecule has 2 aliphatic rings. The van der Waals surface area contributed by atoms with E-state index in [9.17, 15) is 0 Å². The Bertz CT molecular complexity index is 415. The topological polar surface area (TPSA) is 12.0 Å². The third kappa shape index (κ3) is 0.787. The summed E-state index contributed by atoms with van der Waals surface area (Å²) in [7, 11) is 0.